The first-order valence-electron chi connectivity index (χ1n) is 16.0. The number of hydrogen-bond donors (Lipinski definition) is 2. The molecule has 3 fully saturated rings. The minimum atomic E-state index is 0.0190. The number of halogens is 1. The number of nitrogens with zero attached hydrogens (tertiary/aromatic N) is 5. The second-order valence-corrected chi connectivity index (χ2v) is 13.4. The molecule has 3 aromatic rings. The van der Waals surface area contributed by atoms with Crippen LogP contribution < -0.4 is 25.3 Å². The molecule has 1 aliphatic carbocycles. The van der Waals surface area contributed by atoms with Crippen LogP contribution in [0.1, 0.15) is 57.4 Å². The van der Waals surface area contributed by atoms with Crippen LogP contribution in [-0.2, 0) is 5.41 Å². The van der Waals surface area contributed by atoms with E-state index in [9.17, 15) is 0 Å². The van der Waals surface area contributed by atoms with Crippen LogP contribution in [0.3, 0.4) is 0 Å². The Morgan fingerprint density at radius 1 is 0.860 bits per heavy atom. The van der Waals surface area contributed by atoms with E-state index >= 15 is 0 Å². The van der Waals surface area contributed by atoms with Gasteiger partial charge in [0.15, 0.2) is 5.11 Å². The number of anilines is 4. The molecule has 3 heterocycles. The molecule has 6 rings (SSSR count). The maximum absolute atomic E-state index is 6.42. The molecule has 3 aliphatic rings. The first-order chi connectivity index (χ1) is 21.0. The van der Waals surface area contributed by atoms with Gasteiger partial charge < -0.3 is 25.3 Å². The Bertz CT molecular complexity index is 1370. The zero-order valence-electron chi connectivity index (χ0n) is 25.3. The molecule has 2 N–H and O–H groups in total. The van der Waals surface area contributed by atoms with Gasteiger partial charge in [0, 0.05) is 68.0 Å². The van der Waals surface area contributed by atoms with Crippen molar-refractivity contribution in [3.8, 4) is 0 Å². The molecule has 9 heteroatoms. The van der Waals surface area contributed by atoms with Crippen LogP contribution in [0, 0.1) is 5.92 Å². The molecule has 0 bridgehead atoms. The van der Waals surface area contributed by atoms with Crippen LogP contribution in [0.2, 0.25) is 5.02 Å². The van der Waals surface area contributed by atoms with Crippen molar-refractivity contribution < 1.29 is 0 Å². The van der Waals surface area contributed by atoms with Gasteiger partial charge in [0.1, 0.15) is 11.6 Å². The summed E-state index contributed by atoms with van der Waals surface area (Å²) in [5.74, 6) is 3.16. The molecule has 0 amide bonds. The number of hydrogen-bond acceptors (Lipinski definition) is 6. The highest BCUT2D eigenvalue weighted by Gasteiger charge is 2.34. The number of nitrogens with one attached hydrogen (secondary N) is 2. The molecule has 228 valence electrons. The lowest BCUT2D eigenvalue weighted by Crippen LogP contribution is -2.47. The Kier molecular flexibility index (Phi) is 9.53. The highest BCUT2D eigenvalue weighted by molar-refractivity contribution is 7.80. The first-order valence-corrected chi connectivity index (χ1v) is 16.8. The van der Waals surface area contributed by atoms with Gasteiger partial charge in [-0.25, -0.2) is 0 Å². The molecule has 1 aromatic heterocycles. The molecular weight excluding hydrogens is 574 g/mol. The normalized spacial score (nSPS) is 20.5. The van der Waals surface area contributed by atoms with Crippen molar-refractivity contribution in [3.63, 3.8) is 0 Å². The van der Waals surface area contributed by atoms with Gasteiger partial charge in [-0.2, -0.15) is 9.97 Å². The maximum atomic E-state index is 6.42. The van der Waals surface area contributed by atoms with Crippen LogP contribution in [0.15, 0.2) is 60.7 Å². The van der Waals surface area contributed by atoms with E-state index in [2.05, 4.69) is 86.9 Å². The molecule has 0 unspecified atom stereocenters. The van der Waals surface area contributed by atoms with Crippen molar-refractivity contribution in [2.45, 2.75) is 57.3 Å². The van der Waals surface area contributed by atoms with Gasteiger partial charge >= 0.3 is 0 Å². The fourth-order valence-electron chi connectivity index (χ4n) is 7.04. The Hall–Kier alpha value is -3.10. The molecule has 2 aliphatic heterocycles. The quantitative estimate of drug-likeness (QED) is 0.278. The van der Waals surface area contributed by atoms with Gasteiger partial charge in [-0.3, -0.25) is 0 Å². The second-order valence-electron chi connectivity index (χ2n) is 12.6. The lowest BCUT2D eigenvalue weighted by Gasteiger charge is -2.38. The fourth-order valence-corrected chi connectivity index (χ4v) is 7.40. The average molecular weight is 618 g/mol. The van der Waals surface area contributed by atoms with Crippen LogP contribution in [0.4, 0.5) is 23.3 Å². The number of benzene rings is 2. The van der Waals surface area contributed by atoms with Gasteiger partial charge in [0.2, 0.25) is 5.95 Å². The Morgan fingerprint density at radius 3 is 2.30 bits per heavy atom. The minimum Gasteiger partial charge on any atom is -0.368 e. The molecule has 1 saturated carbocycles. The van der Waals surface area contributed by atoms with E-state index in [-0.39, 0.29) is 5.41 Å². The van der Waals surface area contributed by atoms with E-state index in [0.717, 1.165) is 75.3 Å². The number of piperidine rings is 1. The van der Waals surface area contributed by atoms with Crippen LogP contribution in [-0.4, -0.2) is 60.9 Å². The van der Waals surface area contributed by atoms with Gasteiger partial charge in [0.05, 0.1) is 0 Å². The van der Waals surface area contributed by atoms with Crippen LogP contribution in [0.5, 0.6) is 0 Å². The van der Waals surface area contributed by atoms with E-state index < -0.39 is 0 Å². The number of aromatic nitrogens is 2. The predicted octanol–water partition coefficient (Wildman–Crippen LogP) is 6.88. The molecular formula is C34H44ClN7S. The summed E-state index contributed by atoms with van der Waals surface area (Å²) in [7, 11) is 0. The molecule has 2 saturated heterocycles. The maximum Gasteiger partial charge on any atom is 0.232 e. The molecule has 43 heavy (non-hydrogen) atoms. The van der Waals surface area contributed by atoms with E-state index in [1.165, 1.54) is 43.4 Å². The Balaban J connectivity index is 1.18. The third-order valence-corrected chi connectivity index (χ3v) is 9.95. The van der Waals surface area contributed by atoms with Gasteiger partial charge in [-0.15, -0.1) is 0 Å². The van der Waals surface area contributed by atoms with Gasteiger partial charge in [0.25, 0.3) is 0 Å². The summed E-state index contributed by atoms with van der Waals surface area (Å²) < 4.78 is 0. The van der Waals surface area contributed by atoms with Crippen LogP contribution in [0.25, 0.3) is 0 Å². The van der Waals surface area contributed by atoms with Gasteiger partial charge in [-0.05, 0) is 73.6 Å². The molecule has 0 radical (unpaired) electrons. The average Bonchev–Trinajstić information content (AvgIpc) is 3.05. The number of rotatable bonds is 7. The van der Waals surface area contributed by atoms with E-state index in [4.69, 9.17) is 33.8 Å². The summed E-state index contributed by atoms with van der Waals surface area (Å²) in [6.07, 6.45) is 8.42. The fraction of sp³-hybridized carbons (Fsp3) is 0.500. The lowest BCUT2D eigenvalue weighted by molar-refractivity contribution is 0.292. The molecule has 0 spiro atoms. The van der Waals surface area contributed by atoms with E-state index in [1.807, 2.05) is 6.07 Å². The molecule has 7 nitrogen and oxygen atoms in total. The summed E-state index contributed by atoms with van der Waals surface area (Å²) in [6.45, 7) is 8.86. The second kappa shape index (κ2) is 13.7. The van der Waals surface area contributed by atoms with E-state index in [1.54, 1.807) is 0 Å². The Morgan fingerprint density at radius 2 is 1.58 bits per heavy atom. The number of para-hydroxylation sites is 1. The zero-order valence-corrected chi connectivity index (χ0v) is 26.8. The largest absolute Gasteiger partial charge is 0.368 e. The molecule has 2 aromatic carbocycles. The zero-order chi connectivity index (χ0) is 29.6. The first kappa shape index (κ1) is 29.9. The molecule has 1 atom stereocenters. The number of piperazine rings is 1. The lowest BCUT2D eigenvalue weighted by atomic mass is 9.69. The van der Waals surface area contributed by atoms with E-state index in [0.29, 0.717) is 17.0 Å². The minimum absolute atomic E-state index is 0.0190. The summed E-state index contributed by atoms with van der Waals surface area (Å²) in [4.78, 5) is 17.2. The highest BCUT2D eigenvalue weighted by Crippen LogP contribution is 2.40. The van der Waals surface area contributed by atoms with Crippen molar-refractivity contribution in [1.82, 2.24) is 15.3 Å². The Labute approximate surface area is 267 Å². The smallest absolute Gasteiger partial charge is 0.232 e. The van der Waals surface area contributed by atoms with Crippen molar-refractivity contribution in [2.75, 3.05) is 65.8 Å². The summed E-state index contributed by atoms with van der Waals surface area (Å²) >= 11 is 12.3. The third-order valence-electron chi connectivity index (χ3n) is 9.47. The summed E-state index contributed by atoms with van der Waals surface area (Å²) in [5, 5.41) is 8.28. The van der Waals surface area contributed by atoms with Crippen molar-refractivity contribution >= 4 is 52.2 Å². The summed E-state index contributed by atoms with van der Waals surface area (Å²) in [6, 6.07) is 21.2. The standard InChI is InChI=1S/C34H44ClN7S/c1-26-10-9-17-42(24-26)31-23-30(41-20-18-40(19-21-41)29-13-4-2-5-14-29)37-32(38-31)39-33(43)36-25-34(15-6-3-7-16-34)27-11-8-12-28(35)22-27/h2,4-5,8,11-14,22-23,26H,3,6-7,9-10,15-21,24-25H2,1H3,(H2,36,37,38,39,43)/t26-/m0/s1. The summed E-state index contributed by atoms with van der Waals surface area (Å²) in [5.41, 5.74) is 2.59. The SMILES string of the molecule is C[C@H]1CCCN(c2cc(N3CCN(c4ccccc4)CC3)nc(NC(=S)NCC3(c4cccc(Cl)c4)CCCCC3)n2)C1. The topological polar surface area (TPSA) is 59.6 Å². The number of thiocarbonyl (C=S) groups is 1. The van der Waals surface area contributed by atoms with Gasteiger partial charge in [-0.1, -0.05) is 68.1 Å². The monoisotopic (exact) mass is 617 g/mol. The van der Waals surface area contributed by atoms with Crippen molar-refractivity contribution in [2.24, 2.45) is 5.92 Å². The van der Waals surface area contributed by atoms with Crippen LogP contribution >= 0.6 is 23.8 Å². The van der Waals surface area contributed by atoms with Crippen molar-refractivity contribution in [1.29, 1.82) is 0 Å². The third kappa shape index (κ3) is 7.35. The highest BCUT2D eigenvalue weighted by atomic mass is 35.5. The predicted molar refractivity (Wildman–Crippen MR) is 184 cm³/mol. The van der Waals surface area contributed by atoms with Crippen molar-refractivity contribution in [3.05, 3.63) is 71.2 Å².